The van der Waals surface area contributed by atoms with Crippen LogP contribution in [0.15, 0.2) is 91.0 Å². The Bertz CT molecular complexity index is 1140. The van der Waals surface area contributed by atoms with E-state index in [-0.39, 0.29) is 5.91 Å². The summed E-state index contributed by atoms with van der Waals surface area (Å²) >= 11 is 0. The number of amides is 1. The number of hydroxylamine groups is 1. The fraction of sp³-hybridized carbons (Fsp3) is 0.323. The van der Waals surface area contributed by atoms with Crippen molar-refractivity contribution in [3.05, 3.63) is 113 Å². The molecule has 1 amide bonds. The van der Waals surface area contributed by atoms with E-state index in [1.807, 2.05) is 42.5 Å². The number of benzene rings is 3. The average Bonchev–Trinajstić information content (AvgIpc) is 3.69. The van der Waals surface area contributed by atoms with Gasteiger partial charge >= 0.3 is 0 Å². The fourth-order valence-electron chi connectivity index (χ4n) is 5.03. The number of nitrogens with zero attached hydrogens (tertiary/aromatic N) is 1. The summed E-state index contributed by atoms with van der Waals surface area (Å²) in [5.74, 6) is 0.425. The van der Waals surface area contributed by atoms with Crippen LogP contribution in [-0.2, 0) is 22.8 Å². The molecule has 0 unspecified atom stereocenters. The number of hydrogen-bond donors (Lipinski definition) is 2. The Labute approximate surface area is 214 Å². The number of hydrogen-bond acceptors (Lipinski definition) is 4. The molecule has 5 heteroatoms. The van der Waals surface area contributed by atoms with Gasteiger partial charge in [-0.25, -0.2) is 5.48 Å². The highest BCUT2D eigenvalue weighted by Gasteiger charge is 2.39. The highest BCUT2D eigenvalue weighted by atomic mass is 16.6. The second-order valence-electron chi connectivity index (χ2n) is 9.90. The van der Waals surface area contributed by atoms with Gasteiger partial charge in [0.05, 0.1) is 6.61 Å². The molecule has 1 aliphatic heterocycles. The third kappa shape index (κ3) is 7.14. The lowest BCUT2D eigenvalue weighted by Crippen LogP contribution is -2.43. The summed E-state index contributed by atoms with van der Waals surface area (Å²) in [6.07, 6.45) is 7.00. The van der Waals surface area contributed by atoms with Crippen molar-refractivity contribution < 1.29 is 9.63 Å². The van der Waals surface area contributed by atoms with Gasteiger partial charge in [-0.3, -0.25) is 14.5 Å². The van der Waals surface area contributed by atoms with Crippen molar-refractivity contribution in [2.75, 3.05) is 13.1 Å². The third-order valence-corrected chi connectivity index (χ3v) is 7.09. The van der Waals surface area contributed by atoms with Crippen molar-refractivity contribution in [1.82, 2.24) is 15.7 Å². The van der Waals surface area contributed by atoms with Crippen molar-refractivity contribution in [2.45, 2.75) is 50.4 Å². The summed E-state index contributed by atoms with van der Waals surface area (Å²) in [6, 6.07) is 30.3. The number of piperidine rings is 1. The van der Waals surface area contributed by atoms with Crippen LogP contribution >= 0.6 is 0 Å². The molecule has 3 aromatic carbocycles. The number of nitrogens with one attached hydrogen (secondary N) is 2. The summed E-state index contributed by atoms with van der Waals surface area (Å²) in [4.78, 5) is 19.9. The molecule has 1 saturated carbocycles. The Morgan fingerprint density at radius 1 is 0.917 bits per heavy atom. The predicted octanol–water partition coefficient (Wildman–Crippen LogP) is 5.06. The zero-order valence-electron chi connectivity index (χ0n) is 20.7. The minimum atomic E-state index is -0.268. The molecule has 2 fully saturated rings. The van der Waals surface area contributed by atoms with E-state index in [0.29, 0.717) is 24.6 Å². The van der Waals surface area contributed by atoms with Crippen molar-refractivity contribution >= 4 is 12.0 Å². The van der Waals surface area contributed by atoms with Gasteiger partial charge in [0, 0.05) is 30.6 Å². The van der Waals surface area contributed by atoms with Crippen LogP contribution in [0.25, 0.3) is 6.08 Å². The zero-order chi connectivity index (χ0) is 24.6. The van der Waals surface area contributed by atoms with Crippen LogP contribution < -0.4 is 10.8 Å². The van der Waals surface area contributed by atoms with Crippen molar-refractivity contribution in [1.29, 1.82) is 0 Å². The van der Waals surface area contributed by atoms with Crippen LogP contribution in [0, 0.1) is 0 Å². The molecule has 5 rings (SSSR count). The van der Waals surface area contributed by atoms with Crippen molar-refractivity contribution in [3.8, 4) is 0 Å². The summed E-state index contributed by atoms with van der Waals surface area (Å²) in [5.41, 5.74) is 7.25. The van der Waals surface area contributed by atoms with E-state index in [9.17, 15) is 4.79 Å². The largest absolute Gasteiger partial charge is 0.311 e. The summed E-state index contributed by atoms with van der Waals surface area (Å²) in [6.45, 7) is 3.51. The minimum Gasteiger partial charge on any atom is -0.311 e. The third-order valence-electron chi connectivity index (χ3n) is 7.09. The molecule has 0 spiro atoms. The normalized spacial score (nSPS) is 20.4. The topological polar surface area (TPSA) is 53.6 Å². The molecule has 5 nitrogen and oxygen atoms in total. The molecule has 1 saturated heterocycles. The van der Waals surface area contributed by atoms with Gasteiger partial charge in [-0.1, -0.05) is 84.9 Å². The molecule has 2 atom stereocenters. The van der Waals surface area contributed by atoms with Crippen LogP contribution in [0.3, 0.4) is 0 Å². The molecular formula is C31H35N3O2. The molecule has 1 heterocycles. The molecule has 186 valence electrons. The second-order valence-corrected chi connectivity index (χ2v) is 9.90. The summed E-state index contributed by atoms with van der Waals surface area (Å²) in [7, 11) is 0. The van der Waals surface area contributed by atoms with E-state index < -0.39 is 0 Å². The van der Waals surface area contributed by atoms with Gasteiger partial charge in [0.2, 0.25) is 0 Å². The highest BCUT2D eigenvalue weighted by Crippen LogP contribution is 2.41. The predicted molar refractivity (Wildman–Crippen MR) is 144 cm³/mol. The molecule has 0 bridgehead atoms. The van der Waals surface area contributed by atoms with Gasteiger partial charge in [-0.15, -0.1) is 0 Å². The van der Waals surface area contributed by atoms with E-state index >= 15 is 0 Å². The summed E-state index contributed by atoms with van der Waals surface area (Å²) < 4.78 is 0. The molecule has 0 aromatic heterocycles. The smallest absolute Gasteiger partial charge is 0.267 e. The maximum atomic E-state index is 12.1. The van der Waals surface area contributed by atoms with E-state index in [1.54, 1.807) is 0 Å². The Balaban J connectivity index is 1.02. The van der Waals surface area contributed by atoms with E-state index in [2.05, 4.69) is 64.2 Å². The number of rotatable bonds is 10. The minimum absolute atomic E-state index is 0.268. The highest BCUT2D eigenvalue weighted by molar-refractivity contribution is 5.90. The van der Waals surface area contributed by atoms with Gasteiger partial charge in [0.25, 0.3) is 5.91 Å². The van der Waals surface area contributed by atoms with Crippen LogP contribution in [0.2, 0.25) is 0 Å². The fourth-order valence-corrected chi connectivity index (χ4v) is 5.03. The second kappa shape index (κ2) is 12.1. The van der Waals surface area contributed by atoms with Gasteiger partial charge in [-0.05, 0) is 60.7 Å². The zero-order valence-corrected chi connectivity index (χ0v) is 20.7. The lowest BCUT2D eigenvalue weighted by Gasteiger charge is -2.32. The Morgan fingerprint density at radius 2 is 1.64 bits per heavy atom. The molecule has 1 aliphatic carbocycles. The van der Waals surface area contributed by atoms with Crippen LogP contribution in [-0.4, -0.2) is 36.0 Å². The first-order valence-corrected chi connectivity index (χ1v) is 13.0. The molecule has 3 aromatic rings. The van der Waals surface area contributed by atoms with Crippen LogP contribution in [0.5, 0.6) is 0 Å². The Kier molecular flexibility index (Phi) is 8.24. The molecular weight excluding hydrogens is 446 g/mol. The lowest BCUT2D eigenvalue weighted by molar-refractivity contribution is -0.129. The van der Waals surface area contributed by atoms with Gasteiger partial charge < -0.3 is 5.32 Å². The maximum Gasteiger partial charge on any atom is 0.267 e. The van der Waals surface area contributed by atoms with Gasteiger partial charge in [0.1, 0.15) is 0 Å². The molecule has 2 aliphatic rings. The number of carbonyl (C=O) groups is 1. The first-order chi connectivity index (χ1) is 17.7. The summed E-state index contributed by atoms with van der Waals surface area (Å²) in [5, 5.41) is 3.90. The first-order valence-electron chi connectivity index (χ1n) is 13.0. The molecule has 2 N–H and O–H groups in total. The standard InChI is InChI=1S/C31H35N3O2/c35-31(33-36-23-25-8-3-1-4-9-25)15-14-24-10-7-11-26(20-24)22-34-18-16-28(17-19-34)32-30-21-29(30)27-12-5-2-6-13-27/h1-15,20,28-30,32H,16-19,21-23H2,(H,33,35)/t29-,30+/m0/s1. The molecule has 0 radical (unpaired) electrons. The van der Waals surface area contributed by atoms with Gasteiger partial charge in [-0.2, -0.15) is 0 Å². The quantitative estimate of drug-likeness (QED) is 0.314. The lowest BCUT2D eigenvalue weighted by atomic mass is 10.0. The Hall–Kier alpha value is -3.25. The number of likely N-dealkylation sites (tertiary alicyclic amines) is 1. The van der Waals surface area contributed by atoms with Crippen LogP contribution in [0.1, 0.15) is 47.4 Å². The van der Waals surface area contributed by atoms with Crippen molar-refractivity contribution in [3.63, 3.8) is 0 Å². The van der Waals surface area contributed by atoms with Gasteiger partial charge in [0.15, 0.2) is 0 Å². The average molecular weight is 482 g/mol. The maximum absolute atomic E-state index is 12.1. The van der Waals surface area contributed by atoms with Crippen LogP contribution in [0.4, 0.5) is 0 Å². The van der Waals surface area contributed by atoms with E-state index in [1.165, 1.54) is 36.5 Å². The van der Waals surface area contributed by atoms with E-state index in [4.69, 9.17) is 4.84 Å². The van der Waals surface area contributed by atoms with E-state index in [0.717, 1.165) is 30.8 Å². The van der Waals surface area contributed by atoms with Crippen molar-refractivity contribution in [2.24, 2.45) is 0 Å². The monoisotopic (exact) mass is 481 g/mol. The Morgan fingerprint density at radius 3 is 2.42 bits per heavy atom. The SMILES string of the molecule is O=C(C=Cc1cccc(CN2CCC(N[C@@H]3C[C@H]3c3ccccc3)CC2)c1)NOCc1ccccc1. The molecule has 36 heavy (non-hydrogen) atoms. The first kappa shape index (κ1) is 24.4. The number of carbonyl (C=O) groups excluding carboxylic acids is 1.